The van der Waals surface area contributed by atoms with E-state index >= 15 is 0 Å². The molecule has 0 aliphatic carbocycles. The van der Waals surface area contributed by atoms with Crippen molar-refractivity contribution < 1.29 is 5.11 Å². The first kappa shape index (κ1) is 15.0. The van der Waals surface area contributed by atoms with Crippen LogP contribution in [-0.4, -0.2) is 20.1 Å². The Morgan fingerprint density at radius 2 is 1.20 bits per heavy atom. The summed E-state index contributed by atoms with van der Waals surface area (Å²) < 4.78 is 0. The van der Waals surface area contributed by atoms with Gasteiger partial charge in [0.25, 0.3) is 0 Å². The molecule has 0 aliphatic rings. The van der Waals surface area contributed by atoms with E-state index in [2.05, 4.69) is 9.97 Å². The smallest absolute Gasteiger partial charge is 0.116 e. The van der Waals surface area contributed by atoms with Crippen LogP contribution in [0, 0.1) is 0 Å². The van der Waals surface area contributed by atoms with Gasteiger partial charge in [0.1, 0.15) is 5.75 Å². The van der Waals surface area contributed by atoms with Crippen molar-refractivity contribution in [3.05, 3.63) is 85.2 Å². The fourth-order valence-electron chi connectivity index (χ4n) is 2.67. The molecule has 0 fully saturated rings. The number of phenolic OH excluding ortho intramolecular Hbond substituents is 1. The molecule has 0 saturated heterocycles. The molecule has 0 radical (unpaired) electrons. The van der Waals surface area contributed by atoms with Gasteiger partial charge in [-0.15, -0.1) is 0 Å². The number of benzene rings is 1. The van der Waals surface area contributed by atoms with Crippen LogP contribution in [0.15, 0.2) is 85.2 Å². The molecule has 3 aromatic heterocycles. The summed E-state index contributed by atoms with van der Waals surface area (Å²) in [5.74, 6) is 0.230. The van der Waals surface area contributed by atoms with Gasteiger partial charge in [0, 0.05) is 12.4 Å². The Bertz CT molecular complexity index is 944. The number of pyridine rings is 3. The molecule has 3 heterocycles. The van der Waals surface area contributed by atoms with Crippen LogP contribution in [0.4, 0.5) is 0 Å². The molecule has 1 N–H and O–H groups in total. The summed E-state index contributed by atoms with van der Waals surface area (Å²) >= 11 is 0. The summed E-state index contributed by atoms with van der Waals surface area (Å²) in [4.78, 5) is 13.5. The molecule has 4 aromatic rings. The van der Waals surface area contributed by atoms with Gasteiger partial charge in [-0.1, -0.05) is 24.3 Å². The van der Waals surface area contributed by atoms with Gasteiger partial charge in [0.05, 0.1) is 22.8 Å². The van der Waals surface area contributed by atoms with Crippen molar-refractivity contribution in [3.63, 3.8) is 0 Å². The Morgan fingerprint density at radius 3 is 1.72 bits per heavy atom. The van der Waals surface area contributed by atoms with Crippen LogP contribution in [0.1, 0.15) is 0 Å². The van der Waals surface area contributed by atoms with Gasteiger partial charge in [0.15, 0.2) is 0 Å². The van der Waals surface area contributed by atoms with Crippen molar-refractivity contribution >= 4 is 0 Å². The lowest BCUT2D eigenvalue weighted by molar-refractivity contribution is 0.475. The number of phenols is 1. The highest BCUT2D eigenvalue weighted by atomic mass is 16.3. The number of hydrogen-bond donors (Lipinski definition) is 1. The maximum absolute atomic E-state index is 9.81. The average molecular weight is 325 g/mol. The summed E-state index contributed by atoms with van der Waals surface area (Å²) in [7, 11) is 0. The monoisotopic (exact) mass is 325 g/mol. The Hall–Kier alpha value is -3.53. The van der Waals surface area contributed by atoms with Crippen molar-refractivity contribution in [2.24, 2.45) is 0 Å². The lowest BCUT2D eigenvalue weighted by Gasteiger charge is -2.09. The number of aromatic hydroxyl groups is 1. The molecule has 0 aliphatic heterocycles. The van der Waals surface area contributed by atoms with Crippen molar-refractivity contribution in [3.8, 4) is 39.7 Å². The highest BCUT2D eigenvalue weighted by Crippen LogP contribution is 2.30. The molecule has 1 aromatic carbocycles. The highest BCUT2D eigenvalue weighted by molar-refractivity contribution is 5.75. The Balaban J connectivity index is 1.92. The molecule has 0 amide bonds. The molecule has 4 rings (SSSR count). The van der Waals surface area contributed by atoms with Gasteiger partial charge in [-0.3, -0.25) is 9.97 Å². The van der Waals surface area contributed by atoms with Crippen LogP contribution < -0.4 is 0 Å². The molecule has 25 heavy (non-hydrogen) atoms. The van der Waals surface area contributed by atoms with Crippen molar-refractivity contribution in [1.29, 1.82) is 0 Å². The summed E-state index contributed by atoms with van der Waals surface area (Å²) in [6, 6.07) is 22.6. The zero-order chi connectivity index (χ0) is 17.1. The third kappa shape index (κ3) is 3.23. The van der Waals surface area contributed by atoms with Gasteiger partial charge < -0.3 is 5.11 Å². The van der Waals surface area contributed by atoms with Gasteiger partial charge >= 0.3 is 0 Å². The molecule has 0 saturated carbocycles. The van der Waals surface area contributed by atoms with Crippen molar-refractivity contribution in [1.82, 2.24) is 15.0 Å². The number of hydrogen-bond acceptors (Lipinski definition) is 4. The fourth-order valence-corrected chi connectivity index (χ4v) is 2.67. The minimum absolute atomic E-state index is 0.230. The maximum atomic E-state index is 9.81. The molecule has 0 unspecified atom stereocenters. The first-order valence-electron chi connectivity index (χ1n) is 7.94. The zero-order valence-corrected chi connectivity index (χ0v) is 13.4. The van der Waals surface area contributed by atoms with Crippen LogP contribution in [0.2, 0.25) is 0 Å². The van der Waals surface area contributed by atoms with Crippen molar-refractivity contribution in [2.75, 3.05) is 0 Å². The largest absolute Gasteiger partial charge is 0.508 e. The minimum atomic E-state index is 0.230. The van der Waals surface area contributed by atoms with Crippen LogP contribution in [0.3, 0.4) is 0 Å². The van der Waals surface area contributed by atoms with E-state index < -0.39 is 0 Å². The van der Waals surface area contributed by atoms with E-state index in [9.17, 15) is 5.11 Å². The highest BCUT2D eigenvalue weighted by Gasteiger charge is 2.10. The second-order valence-corrected chi connectivity index (χ2v) is 5.61. The SMILES string of the molecule is Oc1cccc(-c2cc(-c3ccccn3)nc(-c3ccccn3)c2)c1. The van der Waals surface area contributed by atoms with E-state index in [0.717, 1.165) is 33.9 Å². The Labute approximate surface area is 145 Å². The number of nitrogens with zero attached hydrogens (tertiary/aromatic N) is 3. The molecule has 4 heteroatoms. The van der Waals surface area contributed by atoms with Crippen molar-refractivity contribution in [2.45, 2.75) is 0 Å². The fraction of sp³-hybridized carbons (Fsp3) is 0. The lowest BCUT2D eigenvalue weighted by Crippen LogP contribution is -1.93. The van der Waals surface area contributed by atoms with Crippen LogP contribution >= 0.6 is 0 Å². The summed E-state index contributed by atoms with van der Waals surface area (Å²) in [5, 5.41) is 9.81. The lowest BCUT2D eigenvalue weighted by atomic mass is 10.0. The van der Waals surface area contributed by atoms with Crippen LogP contribution in [0.25, 0.3) is 33.9 Å². The second kappa shape index (κ2) is 6.53. The van der Waals surface area contributed by atoms with E-state index in [-0.39, 0.29) is 5.75 Å². The van der Waals surface area contributed by atoms with E-state index in [0.29, 0.717) is 0 Å². The first-order chi connectivity index (χ1) is 12.3. The standard InChI is InChI=1S/C21H15N3O/c25-17-7-5-6-15(12-17)16-13-20(18-8-1-3-10-22-18)24-21(14-16)19-9-2-4-11-23-19/h1-14,25H. The predicted molar refractivity (Wildman–Crippen MR) is 97.8 cm³/mol. The van der Waals surface area contributed by atoms with Gasteiger partial charge in [-0.2, -0.15) is 0 Å². The third-order valence-corrected chi connectivity index (χ3v) is 3.86. The summed E-state index contributed by atoms with van der Waals surface area (Å²) in [5.41, 5.74) is 4.98. The third-order valence-electron chi connectivity index (χ3n) is 3.86. The summed E-state index contributed by atoms with van der Waals surface area (Å²) in [6.07, 6.45) is 3.50. The molecule has 4 nitrogen and oxygen atoms in total. The van der Waals surface area contributed by atoms with E-state index in [1.54, 1.807) is 24.5 Å². The predicted octanol–water partition coefficient (Wildman–Crippen LogP) is 4.58. The Morgan fingerprint density at radius 1 is 0.560 bits per heavy atom. The van der Waals surface area contributed by atoms with Crippen LogP contribution in [0.5, 0.6) is 5.75 Å². The minimum Gasteiger partial charge on any atom is -0.508 e. The molecule has 0 bridgehead atoms. The summed E-state index contributed by atoms with van der Waals surface area (Å²) in [6.45, 7) is 0. The number of rotatable bonds is 3. The number of aromatic nitrogens is 3. The molecular formula is C21H15N3O. The zero-order valence-electron chi connectivity index (χ0n) is 13.4. The second-order valence-electron chi connectivity index (χ2n) is 5.61. The van der Waals surface area contributed by atoms with Gasteiger partial charge in [0.2, 0.25) is 0 Å². The van der Waals surface area contributed by atoms with E-state index in [4.69, 9.17) is 4.98 Å². The topological polar surface area (TPSA) is 58.9 Å². The van der Waals surface area contributed by atoms with E-state index in [1.165, 1.54) is 0 Å². The molecule has 120 valence electrons. The average Bonchev–Trinajstić information content (AvgIpc) is 2.69. The van der Waals surface area contributed by atoms with Crippen LogP contribution in [-0.2, 0) is 0 Å². The maximum Gasteiger partial charge on any atom is 0.116 e. The normalized spacial score (nSPS) is 10.6. The molecule has 0 atom stereocenters. The molecular weight excluding hydrogens is 310 g/mol. The van der Waals surface area contributed by atoms with E-state index in [1.807, 2.05) is 60.7 Å². The van der Waals surface area contributed by atoms with Gasteiger partial charge in [-0.05, 0) is 59.7 Å². The first-order valence-corrected chi connectivity index (χ1v) is 7.94. The Kier molecular flexibility index (Phi) is 3.92. The molecule has 0 spiro atoms. The quantitative estimate of drug-likeness (QED) is 0.599. The van der Waals surface area contributed by atoms with Gasteiger partial charge in [-0.25, -0.2) is 4.98 Å².